The van der Waals surface area contributed by atoms with Gasteiger partial charge in [-0.2, -0.15) is 0 Å². The van der Waals surface area contributed by atoms with Crippen molar-refractivity contribution in [2.24, 2.45) is 0 Å². The first-order valence-electron chi connectivity index (χ1n) is 13.2. The molecule has 0 aliphatic rings. The zero-order valence-electron chi connectivity index (χ0n) is 20.9. The SMILES string of the molecule is CCCCCCCCCC(=O)Oc1cccc(CC)c1OC(=O)CCCCCCCCC. The van der Waals surface area contributed by atoms with E-state index in [0.717, 1.165) is 31.2 Å². The van der Waals surface area contributed by atoms with Crippen molar-refractivity contribution in [3.63, 3.8) is 0 Å². The number of carbonyl (C=O) groups excluding carboxylic acids is 2. The van der Waals surface area contributed by atoms with Crippen molar-refractivity contribution < 1.29 is 19.1 Å². The standard InChI is InChI=1S/C28H46O4/c1-4-7-9-11-13-15-17-22-26(29)31-25-21-19-20-24(6-3)28(25)32-27(30)23-18-16-14-12-10-8-5-2/h19-21H,4-18,22-23H2,1-3H3. The molecule has 0 fully saturated rings. The number of rotatable bonds is 19. The highest BCUT2D eigenvalue weighted by molar-refractivity contribution is 5.76. The third kappa shape index (κ3) is 12.9. The van der Waals surface area contributed by atoms with Crippen LogP contribution in [0.5, 0.6) is 11.5 Å². The van der Waals surface area contributed by atoms with Gasteiger partial charge in [-0.1, -0.05) is 110 Å². The van der Waals surface area contributed by atoms with Gasteiger partial charge in [-0.15, -0.1) is 0 Å². The highest BCUT2D eigenvalue weighted by Gasteiger charge is 2.17. The van der Waals surface area contributed by atoms with Gasteiger partial charge in [-0.05, 0) is 30.9 Å². The Balaban J connectivity index is 2.45. The molecule has 1 aromatic rings. The third-order valence-corrected chi connectivity index (χ3v) is 5.85. The van der Waals surface area contributed by atoms with Gasteiger partial charge in [0.05, 0.1) is 0 Å². The molecule has 1 aromatic carbocycles. The number of ether oxygens (including phenoxy) is 2. The van der Waals surface area contributed by atoms with E-state index >= 15 is 0 Å². The van der Waals surface area contributed by atoms with E-state index < -0.39 is 0 Å². The molecule has 0 saturated carbocycles. The number of benzene rings is 1. The summed E-state index contributed by atoms with van der Waals surface area (Å²) in [5.41, 5.74) is 0.888. The van der Waals surface area contributed by atoms with Crippen LogP contribution in [0.2, 0.25) is 0 Å². The molecule has 0 atom stereocenters. The largest absolute Gasteiger partial charge is 0.423 e. The second-order valence-electron chi connectivity index (χ2n) is 8.79. The second kappa shape index (κ2) is 18.7. The van der Waals surface area contributed by atoms with Gasteiger partial charge in [0, 0.05) is 12.8 Å². The predicted octanol–water partition coefficient (Wildman–Crippen LogP) is 8.34. The Morgan fingerprint density at radius 2 is 1.09 bits per heavy atom. The van der Waals surface area contributed by atoms with E-state index in [1.165, 1.54) is 64.2 Å². The van der Waals surface area contributed by atoms with Crippen molar-refractivity contribution in [2.75, 3.05) is 0 Å². The van der Waals surface area contributed by atoms with Crippen molar-refractivity contribution in [1.29, 1.82) is 0 Å². The Labute approximate surface area is 196 Å². The van der Waals surface area contributed by atoms with Gasteiger partial charge in [0.15, 0.2) is 11.5 Å². The van der Waals surface area contributed by atoms with E-state index in [2.05, 4.69) is 13.8 Å². The molecular formula is C28H46O4. The highest BCUT2D eigenvalue weighted by Crippen LogP contribution is 2.32. The van der Waals surface area contributed by atoms with Crippen LogP contribution in [-0.2, 0) is 16.0 Å². The number of carbonyl (C=O) groups is 2. The molecule has 0 bridgehead atoms. The molecule has 4 nitrogen and oxygen atoms in total. The van der Waals surface area contributed by atoms with E-state index in [9.17, 15) is 9.59 Å². The molecule has 0 aliphatic carbocycles. The number of para-hydroxylation sites is 1. The molecule has 0 N–H and O–H groups in total. The number of unbranched alkanes of at least 4 members (excludes halogenated alkanes) is 12. The molecule has 0 aliphatic heterocycles. The molecule has 0 spiro atoms. The van der Waals surface area contributed by atoms with Crippen molar-refractivity contribution in [3.8, 4) is 11.5 Å². The summed E-state index contributed by atoms with van der Waals surface area (Å²) in [7, 11) is 0. The first-order valence-corrected chi connectivity index (χ1v) is 13.2. The molecular weight excluding hydrogens is 400 g/mol. The Hall–Kier alpha value is -1.84. The molecule has 0 amide bonds. The van der Waals surface area contributed by atoms with Crippen LogP contribution >= 0.6 is 0 Å². The minimum absolute atomic E-state index is 0.246. The summed E-state index contributed by atoms with van der Waals surface area (Å²) >= 11 is 0. The molecule has 182 valence electrons. The van der Waals surface area contributed by atoms with Crippen LogP contribution in [0.25, 0.3) is 0 Å². The van der Waals surface area contributed by atoms with Gasteiger partial charge < -0.3 is 9.47 Å². The number of esters is 2. The van der Waals surface area contributed by atoms with Gasteiger partial charge in [0.2, 0.25) is 0 Å². The molecule has 1 rings (SSSR count). The van der Waals surface area contributed by atoms with Crippen LogP contribution in [0.3, 0.4) is 0 Å². The Morgan fingerprint density at radius 1 is 0.625 bits per heavy atom. The van der Waals surface area contributed by atoms with Gasteiger partial charge >= 0.3 is 11.9 Å². The summed E-state index contributed by atoms with van der Waals surface area (Å²) in [6.07, 6.45) is 17.7. The van der Waals surface area contributed by atoms with Crippen molar-refractivity contribution >= 4 is 11.9 Å². The summed E-state index contributed by atoms with van der Waals surface area (Å²) in [5, 5.41) is 0. The van der Waals surface area contributed by atoms with Crippen molar-refractivity contribution in [1.82, 2.24) is 0 Å². The maximum atomic E-state index is 12.4. The highest BCUT2D eigenvalue weighted by atomic mass is 16.6. The second-order valence-corrected chi connectivity index (χ2v) is 8.79. The predicted molar refractivity (Wildman–Crippen MR) is 132 cm³/mol. The van der Waals surface area contributed by atoms with Crippen LogP contribution < -0.4 is 9.47 Å². The van der Waals surface area contributed by atoms with Crippen LogP contribution in [0.4, 0.5) is 0 Å². The lowest BCUT2D eigenvalue weighted by Gasteiger charge is -2.14. The normalized spacial score (nSPS) is 10.8. The third-order valence-electron chi connectivity index (χ3n) is 5.85. The first kappa shape index (κ1) is 28.2. The summed E-state index contributed by atoms with van der Waals surface area (Å²) in [6, 6.07) is 5.49. The lowest BCUT2D eigenvalue weighted by molar-refractivity contribution is -0.137. The zero-order valence-corrected chi connectivity index (χ0v) is 20.9. The lowest BCUT2D eigenvalue weighted by Crippen LogP contribution is -2.13. The average molecular weight is 447 g/mol. The van der Waals surface area contributed by atoms with Crippen molar-refractivity contribution in [3.05, 3.63) is 23.8 Å². The van der Waals surface area contributed by atoms with E-state index in [-0.39, 0.29) is 11.9 Å². The summed E-state index contributed by atoms with van der Waals surface area (Å²) in [5.74, 6) is 0.279. The summed E-state index contributed by atoms with van der Waals surface area (Å²) in [6.45, 7) is 6.43. The molecule has 4 heteroatoms. The monoisotopic (exact) mass is 446 g/mol. The Morgan fingerprint density at radius 3 is 1.59 bits per heavy atom. The Bertz CT molecular complexity index is 638. The molecule has 0 heterocycles. The zero-order chi connectivity index (χ0) is 23.4. The fourth-order valence-electron chi connectivity index (χ4n) is 3.83. The molecule has 0 saturated heterocycles. The van der Waals surface area contributed by atoms with Gasteiger partial charge in [0.25, 0.3) is 0 Å². The van der Waals surface area contributed by atoms with Gasteiger partial charge in [-0.25, -0.2) is 0 Å². The van der Waals surface area contributed by atoms with Crippen LogP contribution in [0, 0.1) is 0 Å². The fraction of sp³-hybridized carbons (Fsp3) is 0.714. The first-order chi connectivity index (χ1) is 15.6. The van der Waals surface area contributed by atoms with E-state index in [1.54, 1.807) is 6.07 Å². The number of hydrogen-bond acceptors (Lipinski definition) is 4. The van der Waals surface area contributed by atoms with E-state index in [0.29, 0.717) is 30.8 Å². The lowest BCUT2D eigenvalue weighted by atomic mass is 10.1. The van der Waals surface area contributed by atoms with Crippen molar-refractivity contribution in [2.45, 2.75) is 130 Å². The van der Waals surface area contributed by atoms with Crippen LogP contribution in [0.1, 0.15) is 129 Å². The maximum absolute atomic E-state index is 12.4. The number of aryl methyl sites for hydroxylation is 1. The summed E-state index contributed by atoms with van der Waals surface area (Å²) in [4.78, 5) is 24.8. The van der Waals surface area contributed by atoms with E-state index in [4.69, 9.17) is 9.47 Å². The smallest absolute Gasteiger partial charge is 0.311 e. The van der Waals surface area contributed by atoms with Crippen LogP contribution in [0.15, 0.2) is 18.2 Å². The van der Waals surface area contributed by atoms with E-state index in [1.807, 2.05) is 19.1 Å². The fourth-order valence-corrected chi connectivity index (χ4v) is 3.83. The molecule has 0 unspecified atom stereocenters. The molecule has 32 heavy (non-hydrogen) atoms. The Kier molecular flexibility index (Phi) is 16.5. The molecule has 0 radical (unpaired) electrons. The minimum Gasteiger partial charge on any atom is -0.423 e. The van der Waals surface area contributed by atoms with Gasteiger partial charge in [0.1, 0.15) is 0 Å². The van der Waals surface area contributed by atoms with Crippen LogP contribution in [-0.4, -0.2) is 11.9 Å². The topological polar surface area (TPSA) is 52.6 Å². The van der Waals surface area contributed by atoms with Gasteiger partial charge in [-0.3, -0.25) is 9.59 Å². The maximum Gasteiger partial charge on any atom is 0.311 e. The average Bonchev–Trinajstić information content (AvgIpc) is 2.79. The summed E-state index contributed by atoms with van der Waals surface area (Å²) < 4.78 is 11.3. The quantitative estimate of drug-likeness (QED) is 0.122. The minimum atomic E-state index is -0.254. The number of hydrogen-bond donors (Lipinski definition) is 0. The molecule has 0 aromatic heterocycles.